The van der Waals surface area contributed by atoms with Crippen molar-refractivity contribution in [3.8, 4) is 0 Å². The standard InChI is InChI=1S/C9H14O4/c1-10-8-4-3-6-7(13-8)5-9(11-2)12-6/h3,7-9H,4-5H2,1-2H3. The second-order valence-corrected chi connectivity index (χ2v) is 3.15. The Morgan fingerprint density at radius 3 is 2.77 bits per heavy atom. The molecule has 0 spiro atoms. The topological polar surface area (TPSA) is 36.9 Å². The van der Waals surface area contributed by atoms with Crippen molar-refractivity contribution in [2.75, 3.05) is 14.2 Å². The summed E-state index contributed by atoms with van der Waals surface area (Å²) in [6, 6.07) is 0. The highest BCUT2D eigenvalue weighted by Gasteiger charge is 2.36. The fourth-order valence-corrected chi connectivity index (χ4v) is 1.62. The highest BCUT2D eigenvalue weighted by molar-refractivity contribution is 5.08. The minimum atomic E-state index is -0.160. The molecule has 0 aromatic carbocycles. The average molecular weight is 186 g/mol. The largest absolute Gasteiger partial charge is 0.467 e. The van der Waals surface area contributed by atoms with Crippen LogP contribution in [0, 0.1) is 0 Å². The van der Waals surface area contributed by atoms with Crippen LogP contribution >= 0.6 is 0 Å². The molecule has 0 N–H and O–H groups in total. The Bertz CT molecular complexity index is 212. The van der Waals surface area contributed by atoms with Crippen molar-refractivity contribution in [1.29, 1.82) is 0 Å². The molecule has 2 aliphatic heterocycles. The third-order valence-corrected chi connectivity index (χ3v) is 2.34. The predicted molar refractivity (Wildman–Crippen MR) is 44.9 cm³/mol. The van der Waals surface area contributed by atoms with Crippen molar-refractivity contribution in [3.63, 3.8) is 0 Å². The molecule has 3 atom stereocenters. The van der Waals surface area contributed by atoms with Crippen LogP contribution in [0.15, 0.2) is 11.8 Å². The van der Waals surface area contributed by atoms with Crippen LogP contribution in [0.1, 0.15) is 12.8 Å². The molecule has 0 radical (unpaired) electrons. The van der Waals surface area contributed by atoms with Crippen LogP contribution in [0.4, 0.5) is 0 Å². The van der Waals surface area contributed by atoms with Crippen molar-refractivity contribution >= 4 is 0 Å². The first-order valence-electron chi connectivity index (χ1n) is 4.41. The normalized spacial score (nSPS) is 38.0. The van der Waals surface area contributed by atoms with E-state index in [0.717, 1.165) is 18.6 Å². The summed E-state index contributed by atoms with van der Waals surface area (Å²) in [5.74, 6) is 0.889. The van der Waals surface area contributed by atoms with Gasteiger partial charge in [-0.25, -0.2) is 0 Å². The van der Waals surface area contributed by atoms with Gasteiger partial charge in [0.1, 0.15) is 11.9 Å². The minimum absolute atomic E-state index is 0.0173. The average Bonchev–Trinajstić information content (AvgIpc) is 2.58. The Labute approximate surface area is 77.4 Å². The highest BCUT2D eigenvalue weighted by atomic mass is 16.7. The van der Waals surface area contributed by atoms with Crippen molar-refractivity contribution in [3.05, 3.63) is 11.8 Å². The summed E-state index contributed by atoms with van der Waals surface area (Å²) in [6.45, 7) is 0. The highest BCUT2D eigenvalue weighted by Crippen LogP contribution is 2.32. The Balaban J connectivity index is 2.00. The SMILES string of the molecule is COC1CC2OC(OC)CC=C2O1. The Morgan fingerprint density at radius 2 is 2.08 bits per heavy atom. The molecule has 0 aromatic rings. The van der Waals surface area contributed by atoms with Gasteiger partial charge in [-0.1, -0.05) is 0 Å². The van der Waals surface area contributed by atoms with E-state index in [1.54, 1.807) is 14.2 Å². The van der Waals surface area contributed by atoms with Gasteiger partial charge >= 0.3 is 0 Å². The maximum absolute atomic E-state index is 5.60. The summed E-state index contributed by atoms with van der Waals surface area (Å²) in [5, 5.41) is 0. The van der Waals surface area contributed by atoms with Gasteiger partial charge in [0.2, 0.25) is 6.29 Å². The van der Waals surface area contributed by atoms with E-state index in [9.17, 15) is 0 Å². The number of ether oxygens (including phenoxy) is 4. The molecule has 0 saturated carbocycles. The van der Waals surface area contributed by atoms with E-state index in [2.05, 4.69) is 0 Å². The zero-order chi connectivity index (χ0) is 9.26. The summed E-state index contributed by atoms with van der Waals surface area (Å²) >= 11 is 0. The van der Waals surface area contributed by atoms with E-state index in [0.29, 0.717) is 0 Å². The molecule has 0 amide bonds. The van der Waals surface area contributed by atoms with Crippen LogP contribution in [0.25, 0.3) is 0 Å². The number of fused-ring (bicyclic) bond motifs is 1. The molecule has 1 saturated heterocycles. The molecule has 0 bridgehead atoms. The van der Waals surface area contributed by atoms with Crippen LogP contribution < -0.4 is 0 Å². The van der Waals surface area contributed by atoms with E-state index < -0.39 is 0 Å². The second-order valence-electron chi connectivity index (χ2n) is 3.15. The number of hydrogen-bond acceptors (Lipinski definition) is 4. The van der Waals surface area contributed by atoms with Crippen molar-refractivity contribution < 1.29 is 18.9 Å². The van der Waals surface area contributed by atoms with Gasteiger partial charge in [0, 0.05) is 27.1 Å². The first kappa shape index (κ1) is 8.99. The molecule has 0 aromatic heterocycles. The molecule has 4 nitrogen and oxygen atoms in total. The fourth-order valence-electron chi connectivity index (χ4n) is 1.62. The molecule has 2 aliphatic rings. The maximum Gasteiger partial charge on any atom is 0.202 e. The lowest BCUT2D eigenvalue weighted by molar-refractivity contribution is -0.151. The van der Waals surface area contributed by atoms with Gasteiger partial charge in [-0.3, -0.25) is 0 Å². The van der Waals surface area contributed by atoms with Gasteiger partial charge in [-0.15, -0.1) is 0 Å². The summed E-state index contributed by atoms with van der Waals surface area (Å²) in [4.78, 5) is 0. The molecule has 0 aliphatic carbocycles. The molecule has 1 fully saturated rings. The lowest BCUT2D eigenvalue weighted by Gasteiger charge is -2.23. The third kappa shape index (κ3) is 1.70. The first-order valence-corrected chi connectivity index (χ1v) is 4.41. The molecule has 4 heteroatoms. The third-order valence-electron chi connectivity index (χ3n) is 2.34. The Morgan fingerprint density at radius 1 is 1.31 bits per heavy atom. The van der Waals surface area contributed by atoms with Crippen molar-refractivity contribution in [1.82, 2.24) is 0 Å². The molecule has 74 valence electrons. The molecule has 3 unspecified atom stereocenters. The van der Waals surface area contributed by atoms with Crippen LogP contribution in [0.2, 0.25) is 0 Å². The van der Waals surface area contributed by atoms with E-state index in [4.69, 9.17) is 18.9 Å². The number of hydrogen-bond donors (Lipinski definition) is 0. The van der Waals surface area contributed by atoms with Crippen LogP contribution in [-0.2, 0) is 18.9 Å². The van der Waals surface area contributed by atoms with Gasteiger partial charge < -0.3 is 18.9 Å². The van der Waals surface area contributed by atoms with E-state index in [1.165, 1.54) is 0 Å². The molecule has 13 heavy (non-hydrogen) atoms. The second kappa shape index (κ2) is 3.65. The predicted octanol–water partition coefficient (Wildman–Crippen LogP) is 1.02. The van der Waals surface area contributed by atoms with E-state index in [-0.39, 0.29) is 18.7 Å². The van der Waals surface area contributed by atoms with Gasteiger partial charge in [0.25, 0.3) is 0 Å². The molecule has 2 heterocycles. The lowest BCUT2D eigenvalue weighted by atomic mass is 10.2. The lowest BCUT2D eigenvalue weighted by Crippen LogP contribution is -2.26. The van der Waals surface area contributed by atoms with Gasteiger partial charge in [-0.2, -0.15) is 0 Å². The maximum atomic E-state index is 5.60. The zero-order valence-electron chi connectivity index (χ0n) is 7.86. The Hall–Kier alpha value is -0.580. The van der Waals surface area contributed by atoms with Gasteiger partial charge in [-0.05, 0) is 6.08 Å². The van der Waals surface area contributed by atoms with E-state index in [1.807, 2.05) is 6.08 Å². The minimum Gasteiger partial charge on any atom is -0.467 e. The number of methoxy groups -OCH3 is 2. The zero-order valence-corrected chi connectivity index (χ0v) is 7.86. The van der Waals surface area contributed by atoms with E-state index >= 15 is 0 Å². The van der Waals surface area contributed by atoms with Gasteiger partial charge in [0.15, 0.2) is 6.29 Å². The summed E-state index contributed by atoms with van der Waals surface area (Å²) in [7, 11) is 3.28. The Kier molecular flexibility index (Phi) is 2.53. The summed E-state index contributed by atoms with van der Waals surface area (Å²) in [6.07, 6.45) is 3.24. The molecule has 2 rings (SSSR count). The monoisotopic (exact) mass is 186 g/mol. The first-order chi connectivity index (χ1) is 6.33. The van der Waals surface area contributed by atoms with Crippen LogP contribution in [0.3, 0.4) is 0 Å². The fraction of sp³-hybridized carbons (Fsp3) is 0.778. The smallest absolute Gasteiger partial charge is 0.202 e. The van der Waals surface area contributed by atoms with Crippen molar-refractivity contribution in [2.45, 2.75) is 31.5 Å². The summed E-state index contributed by atoms with van der Waals surface area (Å²) in [5.41, 5.74) is 0. The van der Waals surface area contributed by atoms with Crippen LogP contribution in [0.5, 0.6) is 0 Å². The molecular weight excluding hydrogens is 172 g/mol. The van der Waals surface area contributed by atoms with Crippen molar-refractivity contribution in [2.24, 2.45) is 0 Å². The quantitative estimate of drug-likeness (QED) is 0.645. The molecular formula is C9H14O4. The van der Waals surface area contributed by atoms with Gasteiger partial charge in [0.05, 0.1) is 0 Å². The van der Waals surface area contributed by atoms with Crippen LogP contribution in [-0.4, -0.2) is 32.9 Å². The number of rotatable bonds is 2. The summed E-state index contributed by atoms with van der Waals surface area (Å²) < 4.78 is 21.3.